The Hall–Kier alpha value is -1.59. The summed E-state index contributed by atoms with van der Waals surface area (Å²) in [5.41, 5.74) is -0.471. The molecule has 31 heavy (non-hydrogen) atoms. The highest BCUT2D eigenvalue weighted by atomic mass is 16.6. The topological polar surface area (TPSA) is 78.9 Å². The number of hydrogen-bond donors (Lipinski definition) is 0. The molecule has 1 spiro atoms. The van der Waals surface area contributed by atoms with Crippen molar-refractivity contribution in [3.05, 3.63) is 0 Å². The molecule has 3 aliphatic carbocycles. The van der Waals surface area contributed by atoms with Crippen molar-refractivity contribution in [2.24, 2.45) is 39.9 Å². The van der Waals surface area contributed by atoms with Crippen LogP contribution in [0.1, 0.15) is 79.1 Å². The van der Waals surface area contributed by atoms with Gasteiger partial charge in [-0.15, -0.1) is 0 Å². The molecule has 6 heteroatoms. The first kappa shape index (κ1) is 22.6. The standard InChI is InChI=1S/C25H38O6/c1-6-8-19(26)31-18-13-17-23(2,3)11-7-12-24(17,4)16-10-9-15(21(27)29-5)20-22(28)30-14-25(16,18)20/h15-18,20H,6-14H2,1-5H3/t15-,16-,17+,18-,20+,24-,25+/m1/s1. The Balaban J connectivity index is 1.83. The zero-order valence-electron chi connectivity index (χ0n) is 19.7. The summed E-state index contributed by atoms with van der Waals surface area (Å²) < 4.78 is 17.0. The summed E-state index contributed by atoms with van der Waals surface area (Å²) in [7, 11) is 1.38. The molecule has 0 aromatic heterocycles. The van der Waals surface area contributed by atoms with E-state index in [1.165, 1.54) is 7.11 Å². The Morgan fingerprint density at radius 3 is 2.55 bits per heavy atom. The predicted octanol–water partition coefficient (Wildman–Crippen LogP) is 4.29. The maximum Gasteiger partial charge on any atom is 0.310 e. The summed E-state index contributed by atoms with van der Waals surface area (Å²) in [4.78, 5) is 38.4. The number of hydrogen-bond acceptors (Lipinski definition) is 6. The first-order chi connectivity index (χ1) is 14.6. The predicted molar refractivity (Wildman–Crippen MR) is 114 cm³/mol. The lowest BCUT2D eigenvalue weighted by Gasteiger charge is -2.66. The van der Waals surface area contributed by atoms with E-state index in [1.54, 1.807) is 0 Å². The minimum Gasteiger partial charge on any atom is -0.469 e. The zero-order chi connectivity index (χ0) is 22.6. The van der Waals surface area contributed by atoms with Crippen LogP contribution in [0.3, 0.4) is 0 Å². The molecule has 1 saturated heterocycles. The second-order valence-corrected chi connectivity index (χ2v) is 11.3. The molecule has 4 aliphatic rings. The summed E-state index contributed by atoms with van der Waals surface area (Å²) in [6, 6.07) is 0. The highest BCUT2D eigenvalue weighted by molar-refractivity contribution is 5.85. The summed E-state index contributed by atoms with van der Waals surface area (Å²) in [5, 5.41) is 0. The van der Waals surface area contributed by atoms with E-state index in [-0.39, 0.29) is 41.3 Å². The van der Waals surface area contributed by atoms with Crippen molar-refractivity contribution in [1.82, 2.24) is 0 Å². The van der Waals surface area contributed by atoms with Crippen LogP contribution in [0.5, 0.6) is 0 Å². The third-order valence-corrected chi connectivity index (χ3v) is 9.47. The van der Waals surface area contributed by atoms with Crippen LogP contribution in [0.4, 0.5) is 0 Å². The van der Waals surface area contributed by atoms with Gasteiger partial charge in [0.05, 0.1) is 24.4 Å². The molecule has 0 bridgehead atoms. The van der Waals surface area contributed by atoms with E-state index in [0.29, 0.717) is 18.8 Å². The van der Waals surface area contributed by atoms with E-state index in [9.17, 15) is 14.4 Å². The number of carbonyl (C=O) groups is 3. The van der Waals surface area contributed by atoms with Crippen LogP contribution in [0.2, 0.25) is 0 Å². The van der Waals surface area contributed by atoms with E-state index in [1.807, 2.05) is 6.92 Å². The van der Waals surface area contributed by atoms with Gasteiger partial charge in [-0.3, -0.25) is 14.4 Å². The number of methoxy groups -OCH3 is 1. The van der Waals surface area contributed by atoms with Gasteiger partial charge in [-0.05, 0) is 61.2 Å². The molecule has 1 aliphatic heterocycles. The molecular weight excluding hydrogens is 396 g/mol. The molecule has 0 N–H and O–H groups in total. The van der Waals surface area contributed by atoms with Gasteiger partial charge in [-0.1, -0.05) is 34.1 Å². The SMILES string of the molecule is CCCC(=O)O[C@@H]1C[C@H]2C(C)(C)CCC[C@]2(C)[C@H]2CC[C@@H](C(=O)OC)[C@H]3C(=O)OC[C@]321. The monoisotopic (exact) mass is 434 g/mol. The normalized spacial score (nSPS) is 43.1. The fourth-order valence-corrected chi connectivity index (χ4v) is 8.28. The maximum atomic E-state index is 13.1. The molecule has 0 aromatic rings. The summed E-state index contributed by atoms with van der Waals surface area (Å²) in [5.74, 6) is -1.44. The van der Waals surface area contributed by atoms with Crippen molar-refractivity contribution in [2.45, 2.75) is 85.2 Å². The molecule has 174 valence electrons. The van der Waals surface area contributed by atoms with Gasteiger partial charge >= 0.3 is 17.9 Å². The van der Waals surface area contributed by atoms with Gasteiger partial charge in [0, 0.05) is 6.42 Å². The summed E-state index contributed by atoms with van der Waals surface area (Å²) in [6.07, 6.45) is 6.29. The fourth-order valence-electron chi connectivity index (χ4n) is 8.28. The molecule has 0 unspecified atom stereocenters. The number of carbonyl (C=O) groups excluding carboxylic acids is 3. The second-order valence-electron chi connectivity index (χ2n) is 11.3. The van der Waals surface area contributed by atoms with Crippen LogP contribution < -0.4 is 0 Å². The lowest BCUT2D eigenvalue weighted by molar-refractivity contribution is -0.232. The van der Waals surface area contributed by atoms with Crippen LogP contribution >= 0.6 is 0 Å². The van der Waals surface area contributed by atoms with Gasteiger partial charge in [-0.25, -0.2) is 0 Å². The van der Waals surface area contributed by atoms with Gasteiger partial charge in [0.1, 0.15) is 12.7 Å². The van der Waals surface area contributed by atoms with Gasteiger partial charge in [0.15, 0.2) is 0 Å². The first-order valence-electron chi connectivity index (χ1n) is 12.1. The van der Waals surface area contributed by atoms with Crippen LogP contribution in [0, 0.1) is 39.9 Å². The van der Waals surface area contributed by atoms with E-state index in [2.05, 4.69) is 20.8 Å². The van der Waals surface area contributed by atoms with Crippen LogP contribution in [0.25, 0.3) is 0 Å². The van der Waals surface area contributed by atoms with Crippen LogP contribution in [0.15, 0.2) is 0 Å². The molecule has 3 saturated carbocycles. The van der Waals surface area contributed by atoms with Crippen LogP contribution in [-0.4, -0.2) is 37.7 Å². The molecule has 0 amide bonds. The number of esters is 3. The Morgan fingerprint density at radius 2 is 1.87 bits per heavy atom. The fraction of sp³-hybridized carbons (Fsp3) is 0.880. The zero-order valence-corrected chi connectivity index (χ0v) is 19.7. The van der Waals surface area contributed by atoms with Gasteiger partial charge in [-0.2, -0.15) is 0 Å². The highest BCUT2D eigenvalue weighted by Gasteiger charge is 2.73. The Labute approximate surface area is 185 Å². The van der Waals surface area contributed by atoms with Crippen molar-refractivity contribution in [3.63, 3.8) is 0 Å². The number of cyclic esters (lactones) is 1. The molecule has 0 aromatic carbocycles. The molecule has 1 heterocycles. The Kier molecular flexibility index (Phi) is 5.66. The van der Waals surface area contributed by atoms with Gasteiger partial charge in [0.25, 0.3) is 0 Å². The lowest BCUT2D eigenvalue weighted by atomic mass is 9.38. The number of ether oxygens (including phenoxy) is 3. The van der Waals surface area contributed by atoms with E-state index < -0.39 is 23.4 Å². The average Bonchev–Trinajstić information content (AvgIpc) is 3.06. The molecule has 4 fully saturated rings. The van der Waals surface area contributed by atoms with Crippen molar-refractivity contribution in [2.75, 3.05) is 13.7 Å². The lowest BCUT2D eigenvalue weighted by Crippen LogP contribution is -2.67. The third kappa shape index (κ3) is 3.22. The van der Waals surface area contributed by atoms with Gasteiger partial charge < -0.3 is 14.2 Å². The second kappa shape index (κ2) is 7.77. The highest BCUT2D eigenvalue weighted by Crippen LogP contribution is 2.71. The number of fused-ring (bicyclic) bond motifs is 2. The average molecular weight is 435 g/mol. The van der Waals surface area contributed by atoms with Crippen molar-refractivity contribution in [1.29, 1.82) is 0 Å². The minimum atomic E-state index is -0.643. The first-order valence-corrected chi connectivity index (χ1v) is 12.1. The Morgan fingerprint density at radius 1 is 1.13 bits per heavy atom. The van der Waals surface area contributed by atoms with Gasteiger partial charge in [0.2, 0.25) is 0 Å². The van der Waals surface area contributed by atoms with E-state index >= 15 is 0 Å². The van der Waals surface area contributed by atoms with E-state index in [0.717, 1.165) is 38.5 Å². The summed E-state index contributed by atoms with van der Waals surface area (Å²) in [6.45, 7) is 9.26. The minimum absolute atomic E-state index is 0.0305. The molecule has 7 atom stereocenters. The molecule has 6 nitrogen and oxygen atoms in total. The van der Waals surface area contributed by atoms with Crippen molar-refractivity contribution >= 4 is 17.9 Å². The maximum absolute atomic E-state index is 13.1. The Bertz CT molecular complexity index is 759. The molecule has 4 rings (SSSR count). The number of rotatable bonds is 4. The van der Waals surface area contributed by atoms with Crippen molar-refractivity contribution in [3.8, 4) is 0 Å². The molecule has 0 radical (unpaired) electrons. The largest absolute Gasteiger partial charge is 0.469 e. The molecular formula is C25H38O6. The summed E-state index contributed by atoms with van der Waals surface area (Å²) >= 11 is 0. The van der Waals surface area contributed by atoms with E-state index in [4.69, 9.17) is 14.2 Å². The van der Waals surface area contributed by atoms with Crippen molar-refractivity contribution < 1.29 is 28.6 Å². The smallest absolute Gasteiger partial charge is 0.310 e. The third-order valence-electron chi connectivity index (χ3n) is 9.47. The quantitative estimate of drug-likeness (QED) is 0.485. The van der Waals surface area contributed by atoms with Crippen LogP contribution in [-0.2, 0) is 28.6 Å².